The third kappa shape index (κ3) is 2.58. The van der Waals surface area contributed by atoms with Crippen LogP contribution < -0.4 is 10.7 Å². The molecule has 0 atom stereocenters. The van der Waals surface area contributed by atoms with Gasteiger partial charge in [-0.15, -0.1) is 0 Å². The summed E-state index contributed by atoms with van der Waals surface area (Å²) >= 11 is 0. The summed E-state index contributed by atoms with van der Waals surface area (Å²) in [4.78, 5) is 16.1. The number of aromatic amines is 1. The van der Waals surface area contributed by atoms with E-state index in [0.29, 0.717) is 23.1 Å². The quantitative estimate of drug-likeness (QED) is 0.621. The Bertz CT molecular complexity index is 969. The number of nitrogens with zero attached hydrogens (tertiary/aromatic N) is 4. The first-order chi connectivity index (χ1) is 11.8. The lowest BCUT2D eigenvalue weighted by Crippen LogP contribution is -2.02. The van der Waals surface area contributed by atoms with Gasteiger partial charge in [-0.3, -0.25) is 0 Å². The second-order valence-electron chi connectivity index (χ2n) is 5.07. The molecule has 1 aromatic carbocycles. The van der Waals surface area contributed by atoms with Gasteiger partial charge in [-0.1, -0.05) is 23.4 Å². The number of hydrogen-bond donors (Lipinski definition) is 1. The summed E-state index contributed by atoms with van der Waals surface area (Å²) in [5.41, 5.74) is 8.72. The van der Waals surface area contributed by atoms with E-state index in [1.165, 1.54) is 0 Å². The Labute approximate surface area is 137 Å². The third-order valence-corrected chi connectivity index (χ3v) is 3.46. The maximum Gasteiger partial charge on any atom is 0.258 e. The van der Waals surface area contributed by atoms with Gasteiger partial charge in [0.25, 0.3) is 5.89 Å². The molecule has 0 fully saturated rings. The second kappa shape index (κ2) is 5.88. The average Bonchev–Trinajstić information content (AvgIpc) is 3.13. The molecule has 0 unspecified atom stereocenters. The van der Waals surface area contributed by atoms with Gasteiger partial charge in [0.05, 0.1) is 17.5 Å². The fraction of sp³-hybridized carbons (Fsp3) is 0. The van der Waals surface area contributed by atoms with Gasteiger partial charge < -0.3 is 10.3 Å². The minimum absolute atomic E-state index is 0.249. The summed E-state index contributed by atoms with van der Waals surface area (Å²) < 4.78 is 5.32. The van der Waals surface area contributed by atoms with Crippen molar-refractivity contribution in [1.29, 1.82) is 0 Å². The maximum atomic E-state index is 5.94. The number of benzene rings is 1. The Balaban J connectivity index is 1.76. The van der Waals surface area contributed by atoms with Crippen LogP contribution in [-0.2, 0) is 0 Å². The van der Waals surface area contributed by atoms with Crippen LogP contribution in [0.3, 0.4) is 0 Å². The van der Waals surface area contributed by atoms with Crippen LogP contribution in [0, 0.1) is 0 Å². The SMILES string of the molecule is Nc1ncc(-c2ccc[nH+]c2)nc1-c1noc(-c2ccccc2)n1. The number of aromatic nitrogens is 5. The van der Waals surface area contributed by atoms with Gasteiger partial charge in [-0.05, 0) is 18.2 Å². The van der Waals surface area contributed by atoms with E-state index in [4.69, 9.17) is 10.3 Å². The number of H-pyrrole nitrogens is 1. The summed E-state index contributed by atoms with van der Waals surface area (Å²) in [5.74, 6) is 0.963. The van der Waals surface area contributed by atoms with Gasteiger partial charge in [-0.25, -0.2) is 15.0 Å². The topological polar surface area (TPSA) is 105 Å². The third-order valence-electron chi connectivity index (χ3n) is 3.46. The second-order valence-corrected chi connectivity index (χ2v) is 5.07. The molecule has 0 aliphatic heterocycles. The van der Waals surface area contributed by atoms with Gasteiger partial charge in [0.2, 0.25) is 5.82 Å². The summed E-state index contributed by atoms with van der Waals surface area (Å²) in [5, 5.41) is 3.98. The number of pyridine rings is 1. The molecule has 4 rings (SSSR count). The molecule has 3 N–H and O–H groups in total. The van der Waals surface area contributed by atoms with Gasteiger partial charge in [0.15, 0.2) is 23.9 Å². The van der Waals surface area contributed by atoms with Crippen LogP contribution in [0.4, 0.5) is 5.82 Å². The van der Waals surface area contributed by atoms with Crippen LogP contribution in [0.1, 0.15) is 0 Å². The molecule has 24 heavy (non-hydrogen) atoms. The molecule has 7 nitrogen and oxygen atoms in total. The highest BCUT2D eigenvalue weighted by atomic mass is 16.5. The van der Waals surface area contributed by atoms with E-state index in [1.54, 1.807) is 6.20 Å². The molecule has 3 heterocycles. The lowest BCUT2D eigenvalue weighted by atomic mass is 10.2. The number of rotatable bonds is 3. The van der Waals surface area contributed by atoms with Crippen molar-refractivity contribution in [3.05, 3.63) is 61.1 Å². The normalized spacial score (nSPS) is 10.7. The van der Waals surface area contributed by atoms with E-state index < -0.39 is 0 Å². The summed E-state index contributed by atoms with van der Waals surface area (Å²) in [6, 6.07) is 13.3. The molecule has 7 heteroatoms. The minimum Gasteiger partial charge on any atom is -0.382 e. The number of anilines is 1. The molecule has 4 aromatic rings. The van der Waals surface area contributed by atoms with Gasteiger partial charge in [-0.2, -0.15) is 4.98 Å². The lowest BCUT2D eigenvalue weighted by Gasteiger charge is -2.02. The van der Waals surface area contributed by atoms with E-state index in [9.17, 15) is 0 Å². The molecule has 0 spiro atoms. The lowest BCUT2D eigenvalue weighted by molar-refractivity contribution is -0.377. The van der Waals surface area contributed by atoms with Gasteiger partial charge in [0.1, 0.15) is 0 Å². The highest BCUT2D eigenvalue weighted by Crippen LogP contribution is 2.25. The Kier molecular flexibility index (Phi) is 3.43. The van der Waals surface area contributed by atoms with Crippen molar-refractivity contribution in [1.82, 2.24) is 20.1 Å². The molecule has 0 amide bonds. The molecule has 0 aliphatic carbocycles. The Morgan fingerprint density at radius 2 is 1.79 bits per heavy atom. The van der Waals surface area contributed by atoms with Crippen molar-refractivity contribution >= 4 is 5.82 Å². The summed E-state index contributed by atoms with van der Waals surface area (Å²) in [6.45, 7) is 0. The van der Waals surface area contributed by atoms with E-state index in [-0.39, 0.29) is 5.82 Å². The smallest absolute Gasteiger partial charge is 0.258 e. The number of nitrogens with two attached hydrogens (primary N) is 1. The number of nitrogens with one attached hydrogen (secondary N) is 1. The van der Waals surface area contributed by atoms with E-state index in [0.717, 1.165) is 11.1 Å². The zero-order chi connectivity index (χ0) is 16.4. The van der Waals surface area contributed by atoms with Crippen LogP contribution in [0.25, 0.3) is 34.2 Å². The highest BCUT2D eigenvalue weighted by Gasteiger charge is 2.16. The largest absolute Gasteiger partial charge is 0.382 e. The van der Waals surface area contributed by atoms with Crippen molar-refractivity contribution in [3.63, 3.8) is 0 Å². The molecule has 0 radical (unpaired) electrons. The van der Waals surface area contributed by atoms with Crippen molar-refractivity contribution in [3.8, 4) is 34.2 Å². The maximum absolute atomic E-state index is 5.94. The molecule has 3 aromatic heterocycles. The van der Waals surface area contributed by atoms with Gasteiger partial charge >= 0.3 is 0 Å². The Hall–Kier alpha value is -3.61. The van der Waals surface area contributed by atoms with E-state index in [2.05, 4.69) is 25.1 Å². The van der Waals surface area contributed by atoms with Crippen molar-refractivity contribution < 1.29 is 9.51 Å². The van der Waals surface area contributed by atoms with Gasteiger partial charge in [0, 0.05) is 11.6 Å². The van der Waals surface area contributed by atoms with Crippen molar-refractivity contribution in [2.24, 2.45) is 0 Å². The van der Waals surface area contributed by atoms with Crippen LogP contribution in [0.2, 0.25) is 0 Å². The molecule has 0 bridgehead atoms. The van der Waals surface area contributed by atoms with Crippen LogP contribution >= 0.6 is 0 Å². The van der Waals surface area contributed by atoms with E-state index >= 15 is 0 Å². The number of hydrogen-bond acceptors (Lipinski definition) is 6. The Morgan fingerprint density at radius 3 is 2.58 bits per heavy atom. The molecule has 0 saturated heterocycles. The monoisotopic (exact) mass is 317 g/mol. The van der Waals surface area contributed by atoms with Crippen LogP contribution in [-0.4, -0.2) is 20.1 Å². The zero-order valence-corrected chi connectivity index (χ0v) is 12.5. The highest BCUT2D eigenvalue weighted by molar-refractivity contribution is 5.69. The number of nitrogen functional groups attached to an aromatic ring is 1. The predicted molar refractivity (Wildman–Crippen MR) is 87.2 cm³/mol. The fourth-order valence-electron chi connectivity index (χ4n) is 2.27. The van der Waals surface area contributed by atoms with Crippen LogP contribution in [0.15, 0.2) is 65.6 Å². The minimum atomic E-state index is 0.249. The molecular formula is C17H13N6O+. The Morgan fingerprint density at radius 1 is 0.958 bits per heavy atom. The predicted octanol–water partition coefficient (Wildman–Crippen LogP) is 2.26. The molecular weight excluding hydrogens is 304 g/mol. The van der Waals surface area contributed by atoms with Crippen LogP contribution in [0.5, 0.6) is 0 Å². The first-order valence-electron chi connectivity index (χ1n) is 7.30. The average molecular weight is 317 g/mol. The summed E-state index contributed by atoms with van der Waals surface area (Å²) in [6.07, 6.45) is 5.26. The molecule has 0 aliphatic rings. The first kappa shape index (κ1) is 14.0. The first-order valence-corrected chi connectivity index (χ1v) is 7.30. The standard InChI is InChI=1S/C17H12N6O/c18-15-14(21-13(10-20-15)12-7-4-8-19-9-12)16-22-17(24-23-16)11-5-2-1-3-6-11/h1-10H,(H2,18,20)/p+1. The fourth-order valence-corrected chi connectivity index (χ4v) is 2.27. The zero-order valence-electron chi connectivity index (χ0n) is 12.5. The van der Waals surface area contributed by atoms with Crippen molar-refractivity contribution in [2.75, 3.05) is 5.73 Å². The molecule has 116 valence electrons. The van der Waals surface area contributed by atoms with E-state index in [1.807, 2.05) is 54.9 Å². The van der Waals surface area contributed by atoms with Crippen molar-refractivity contribution in [2.45, 2.75) is 0 Å². The molecule has 0 saturated carbocycles. The summed E-state index contributed by atoms with van der Waals surface area (Å²) in [7, 11) is 0.